The topological polar surface area (TPSA) is 12.0 Å². The Morgan fingerprint density at radius 2 is 2.00 bits per heavy atom. The average Bonchev–Trinajstić information content (AvgIpc) is 2.66. The number of fused-ring (bicyclic) bond motifs is 1. The Labute approximate surface area is 99.8 Å². The summed E-state index contributed by atoms with van der Waals surface area (Å²) in [7, 11) is 0. The van der Waals surface area contributed by atoms with Crippen molar-refractivity contribution in [3.05, 3.63) is 33.8 Å². The molecule has 2 aliphatic rings. The van der Waals surface area contributed by atoms with Gasteiger partial charge in [-0.15, -0.1) is 0 Å². The molecule has 1 saturated heterocycles. The van der Waals surface area contributed by atoms with Gasteiger partial charge in [0, 0.05) is 18.5 Å². The number of hydrogen-bond donors (Lipinski definition) is 1. The van der Waals surface area contributed by atoms with Gasteiger partial charge >= 0.3 is 0 Å². The van der Waals surface area contributed by atoms with Crippen molar-refractivity contribution < 1.29 is 0 Å². The van der Waals surface area contributed by atoms with Gasteiger partial charge in [0.25, 0.3) is 0 Å². The van der Waals surface area contributed by atoms with Crippen LogP contribution in [-0.2, 0) is 5.41 Å². The lowest BCUT2D eigenvalue weighted by atomic mass is 9.90. The normalized spacial score (nSPS) is 37.8. The second-order valence-electron chi connectivity index (χ2n) is 5.05. The molecule has 15 heavy (non-hydrogen) atoms. The first kappa shape index (κ1) is 9.95. The fraction of sp³-hybridized carbons (Fsp3) is 0.500. The summed E-state index contributed by atoms with van der Waals surface area (Å²) in [5.41, 5.74) is 2.09. The van der Waals surface area contributed by atoms with Crippen LogP contribution in [-0.4, -0.2) is 13.1 Å². The molecular weight excluding hydrogens is 229 g/mol. The third-order valence-electron chi connectivity index (χ3n) is 4.14. The number of benzene rings is 1. The summed E-state index contributed by atoms with van der Waals surface area (Å²) in [5.74, 6) is 0. The van der Waals surface area contributed by atoms with E-state index in [0.717, 1.165) is 13.1 Å². The van der Waals surface area contributed by atoms with E-state index in [9.17, 15) is 0 Å². The zero-order valence-corrected chi connectivity index (χ0v) is 10.1. The largest absolute Gasteiger partial charge is 0.315 e. The van der Waals surface area contributed by atoms with Crippen molar-refractivity contribution in [1.82, 2.24) is 5.32 Å². The molecule has 1 aromatic carbocycles. The first-order chi connectivity index (χ1) is 7.07. The Kier molecular flexibility index (Phi) is 1.93. The lowest BCUT2D eigenvalue weighted by Gasteiger charge is -2.15. The van der Waals surface area contributed by atoms with Gasteiger partial charge in [0.05, 0.1) is 10.0 Å². The van der Waals surface area contributed by atoms with E-state index in [2.05, 4.69) is 18.3 Å². The van der Waals surface area contributed by atoms with E-state index in [1.54, 1.807) is 0 Å². The molecule has 0 amide bonds. The molecule has 0 radical (unpaired) electrons. The number of halogens is 2. The van der Waals surface area contributed by atoms with Gasteiger partial charge in [-0.2, -0.15) is 0 Å². The Bertz CT molecular complexity index is 428. The Hall–Kier alpha value is -0.240. The zero-order chi connectivity index (χ0) is 10.7. The predicted molar refractivity (Wildman–Crippen MR) is 63.7 cm³/mol. The van der Waals surface area contributed by atoms with E-state index in [-0.39, 0.29) is 0 Å². The molecule has 1 unspecified atom stereocenters. The molecule has 2 fully saturated rings. The highest BCUT2D eigenvalue weighted by atomic mass is 35.5. The Morgan fingerprint density at radius 3 is 2.53 bits per heavy atom. The molecule has 1 aliphatic carbocycles. The van der Waals surface area contributed by atoms with Crippen molar-refractivity contribution in [1.29, 1.82) is 0 Å². The van der Waals surface area contributed by atoms with Gasteiger partial charge in [-0.05, 0) is 29.5 Å². The molecule has 1 nitrogen and oxygen atoms in total. The fourth-order valence-corrected chi connectivity index (χ4v) is 3.33. The minimum atomic E-state index is 0.321. The highest BCUT2D eigenvalue weighted by molar-refractivity contribution is 6.42. The van der Waals surface area contributed by atoms with Crippen LogP contribution in [0.2, 0.25) is 10.0 Å². The molecule has 0 bridgehead atoms. The second-order valence-corrected chi connectivity index (χ2v) is 5.87. The maximum absolute atomic E-state index is 6.07. The van der Waals surface area contributed by atoms with Crippen LogP contribution in [0.15, 0.2) is 18.2 Å². The molecular formula is C12H13Cl2N. The molecule has 0 spiro atoms. The van der Waals surface area contributed by atoms with Crippen LogP contribution in [0.25, 0.3) is 0 Å². The molecule has 1 saturated carbocycles. The summed E-state index contributed by atoms with van der Waals surface area (Å²) < 4.78 is 0. The van der Waals surface area contributed by atoms with Gasteiger partial charge < -0.3 is 5.32 Å². The van der Waals surface area contributed by atoms with Gasteiger partial charge in [0.15, 0.2) is 0 Å². The average molecular weight is 242 g/mol. The van der Waals surface area contributed by atoms with Crippen LogP contribution < -0.4 is 5.32 Å². The number of rotatable bonds is 1. The van der Waals surface area contributed by atoms with Crippen molar-refractivity contribution >= 4 is 23.2 Å². The molecule has 3 heteroatoms. The van der Waals surface area contributed by atoms with Crippen molar-refractivity contribution in [3.63, 3.8) is 0 Å². The van der Waals surface area contributed by atoms with Crippen LogP contribution in [0.4, 0.5) is 0 Å². The lowest BCUT2D eigenvalue weighted by molar-refractivity contribution is 0.554. The summed E-state index contributed by atoms with van der Waals surface area (Å²) in [6, 6.07) is 6.06. The van der Waals surface area contributed by atoms with Crippen LogP contribution in [0, 0.1) is 5.41 Å². The molecule has 2 atom stereocenters. The highest BCUT2D eigenvalue weighted by Crippen LogP contribution is 2.66. The van der Waals surface area contributed by atoms with E-state index in [1.807, 2.05) is 12.1 Å². The van der Waals surface area contributed by atoms with E-state index >= 15 is 0 Å². The standard InChI is InChI=1S/C12H13Cl2N/c1-11-5-12(11,7-15-6-11)8-2-3-9(13)10(14)4-8/h2-4,15H,5-7H2,1H3/t11?,12-/m0/s1. The number of hydrogen-bond acceptors (Lipinski definition) is 1. The third kappa shape index (κ3) is 1.20. The summed E-state index contributed by atoms with van der Waals surface area (Å²) in [4.78, 5) is 0. The van der Waals surface area contributed by atoms with E-state index < -0.39 is 0 Å². The van der Waals surface area contributed by atoms with Gasteiger partial charge in [0.2, 0.25) is 0 Å². The summed E-state index contributed by atoms with van der Waals surface area (Å²) >= 11 is 12.0. The highest BCUT2D eigenvalue weighted by Gasteiger charge is 2.67. The number of piperidine rings is 1. The first-order valence-corrected chi connectivity index (χ1v) is 5.99. The van der Waals surface area contributed by atoms with Crippen molar-refractivity contribution in [2.45, 2.75) is 18.8 Å². The van der Waals surface area contributed by atoms with Crippen LogP contribution in [0.1, 0.15) is 18.9 Å². The van der Waals surface area contributed by atoms with Crippen LogP contribution in [0.3, 0.4) is 0 Å². The minimum Gasteiger partial charge on any atom is -0.315 e. The van der Waals surface area contributed by atoms with Crippen molar-refractivity contribution in [2.75, 3.05) is 13.1 Å². The zero-order valence-electron chi connectivity index (χ0n) is 8.61. The fourth-order valence-electron chi connectivity index (χ4n) is 3.03. The molecule has 0 aromatic heterocycles. The summed E-state index contributed by atoms with van der Waals surface area (Å²) in [5, 5.41) is 4.77. The van der Waals surface area contributed by atoms with Crippen molar-refractivity contribution in [3.8, 4) is 0 Å². The Morgan fingerprint density at radius 1 is 1.20 bits per heavy atom. The maximum atomic E-state index is 6.07. The van der Waals surface area contributed by atoms with E-state index in [4.69, 9.17) is 23.2 Å². The van der Waals surface area contributed by atoms with Gasteiger partial charge in [0.1, 0.15) is 0 Å². The van der Waals surface area contributed by atoms with E-state index in [0.29, 0.717) is 20.9 Å². The smallest absolute Gasteiger partial charge is 0.0595 e. The Balaban J connectivity index is 2.04. The summed E-state index contributed by atoms with van der Waals surface area (Å²) in [6.45, 7) is 4.53. The quantitative estimate of drug-likeness (QED) is 0.797. The first-order valence-electron chi connectivity index (χ1n) is 5.24. The molecule has 80 valence electrons. The molecule has 1 aliphatic heterocycles. The molecule has 1 heterocycles. The molecule has 1 aromatic rings. The molecule has 3 rings (SSSR count). The van der Waals surface area contributed by atoms with Crippen LogP contribution in [0.5, 0.6) is 0 Å². The van der Waals surface area contributed by atoms with Gasteiger partial charge in [-0.1, -0.05) is 36.2 Å². The second kappa shape index (κ2) is 2.91. The lowest BCUT2D eigenvalue weighted by Crippen LogP contribution is -2.19. The van der Waals surface area contributed by atoms with Crippen LogP contribution >= 0.6 is 23.2 Å². The minimum absolute atomic E-state index is 0.321. The SMILES string of the molecule is CC12CNC[C@]1(c1ccc(Cl)c(Cl)c1)C2. The van der Waals surface area contributed by atoms with E-state index in [1.165, 1.54) is 12.0 Å². The third-order valence-corrected chi connectivity index (χ3v) is 4.88. The monoisotopic (exact) mass is 241 g/mol. The maximum Gasteiger partial charge on any atom is 0.0595 e. The van der Waals surface area contributed by atoms with Crippen molar-refractivity contribution in [2.24, 2.45) is 5.41 Å². The van der Waals surface area contributed by atoms with Gasteiger partial charge in [-0.25, -0.2) is 0 Å². The summed E-state index contributed by atoms with van der Waals surface area (Å²) in [6.07, 6.45) is 1.27. The molecule has 1 N–H and O–H groups in total. The predicted octanol–water partition coefficient (Wildman–Crippen LogP) is 3.24. The number of nitrogens with one attached hydrogen (secondary N) is 1. The van der Waals surface area contributed by atoms with Gasteiger partial charge in [-0.3, -0.25) is 0 Å².